The summed E-state index contributed by atoms with van der Waals surface area (Å²) in [5.74, 6) is 0.0128. The number of hydrogen-bond acceptors (Lipinski definition) is 2. The minimum Gasteiger partial charge on any atom is -0.457 e. The molecular formula is C16H14O2. The van der Waals surface area contributed by atoms with E-state index in [0.29, 0.717) is 6.42 Å². The Kier molecular flexibility index (Phi) is 2.85. The number of ether oxygens (including phenoxy) is 1. The summed E-state index contributed by atoms with van der Waals surface area (Å²) in [6.07, 6.45) is 0.310. The van der Waals surface area contributed by atoms with Crippen molar-refractivity contribution in [1.29, 1.82) is 0 Å². The Morgan fingerprint density at radius 2 is 1.39 bits per heavy atom. The zero-order valence-electron chi connectivity index (χ0n) is 9.95. The molecule has 2 heteroatoms. The van der Waals surface area contributed by atoms with Crippen LogP contribution >= 0.6 is 0 Å². The van der Waals surface area contributed by atoms with Gasteiger partial charge in [0.1, 0.15) is 6.10 Å². The zero-order valence-corrected chi connectivity index (χ0v) is 9.95. The Morgan fingerprint density at radius 3 is 2.00 bits per heavy atom. The van der Waals surface area contributed by atoms with E-state index >= 15 is 0 Å². The van der Waals surface area contributed by atoms with Gasteiger partial charge in [-0.3, -0.25) is 4.79 Å². The Hall–Kier alpha value is -2.09. The first-order chi connectivity index (χ1) is 8.84. The van der Waals surface area contributed by atoms with E-state index in [2.05, 4.69) is 12.1 Å². The SMILES string of the molecule is O=C1C[C@H](c2ccccc2)[C@H](c2ccccc2)O1. The van der Waals surface area contributed by atoms with Crippen LogP contribution in [0.3, 0.4) is 0 Å². The summed E-state index contributed by atoms with van der Waals surface area (Å²) in [7, 11) is 0. The number of rotatable bonds is 2. The lowest BCUT2D eigenvalue weighted by molar-refractivity contribution is -0.141. The molecule has 2 aromatic rings. The summed E-state index contributed by atoms with van der Waals surface area (Å²) in [4.78, 5) is 11.6. The van der Waals surface area contributed by atoms with E-state index in [1.807, 2.05) is 48.5 Å². The number of hydrogen-bond donors (Lipinski definition) is 0. The Balaban J connectivity index is 1.96. The maximum absolute atomic E-state index is 11.6. The lowest BCUT2D eigenvalue weighted by Gasteiger charge is -2.18. The van der Waals surface area contributed by atoms with Crippen molar-refractivity contribution in [3.8, 4) is 0 Å². The predicted octanol–water partition coefficient (Wildman–Crippen LogP) is 3.46. The minimum absolute atomic E-state index is 0.113. The number of carbonyl (C=O) groups excluding carboxylic acids is 1. The van der Waals surface area contributed by atoms with Crippen molar-refractivity contribution in [3.05, 3.63) is 71.8 Å². The summed E-state index contributed by atoms with van der Waals surface area (Å²) in [5.41, 5.74) is 2.23. The molecule has 1 fully saturated rings. The molecule has 2 aromatic carbocycles. The van der Waals surface area contributed by atoms with Crippen LogP contribution in [0.4, 0.5) is 0 Å². The average Bonchev–Trinajstić information content (AvgIpc) is 2.83. The summed E-state index contributed by atoms with van der Waals surface area (Å²) in [6.45, 7) is 0. The molecule has 1 aliphatic heterocycles. The van der Waals surface area contributed by atoms with Gasteiger partial charge in [-0.1, -0.05) is 60.7 Å². The second kappa shape index (κ2) is 4.65. The van der Waals surface area contributed by atoms with Gasteiger partial charge in [0.05, 0.1) is 6.42 Å². The molecule has 1 saturated heterocycles. The molecule has 90 valence electrons. The maximum atomic E-state index is 11.6. The van der Waals surface area contributed by atoms with Crippen LogP contribution in [-0.4, -0.2) is 5.97 Å². The van der Waals surface area contributed by atoms with E-state index in [0.717, 1.165) is 11.1 Å². The van der Waals surface area contributed by atoms with Crippen molar-refractivity contribution in [2.75, 3.05) is 0 Å². The largest absolute Gasteiger partial charge is 0.457 e. The molecule has 2 nitrogen and oxygen atoms in total. The van der Waals surface area contributed by atoms with Crippen LogP contribution < -0.4 is 0 Å². The fourth-order valence-electron chi connectivity index (χ4n) is 2.49. The van der Waals surface area contributed by atoms with E-state index in [9.17, 15) is 4.79 Å². The molecule has 3 rings (SSSR count). The lowest BCUT2D eigenvalue weighted by Crippen LogP contribution is -2.05. The maximum Gasteiger partial charge on any atom is 0.307 e. The van der Waals surface area contributed by atoms with E-state index in [1.54, 1.807) is 0 Å². The smallest absolute Gasteiger partial charge is 0.307 e. The summed E-state index contributed by atoms with van der Waals surface area (Å²) < 4.78 is 5.48. The molecule has 0 unspecified atom stereocenters. The molecule has 0 spiro atoms. The molecular weight excluding hydrogens is 224 g/mol. The fraction of sp³-hybridized carbons (Fsp3) is 0.188. The second-order valence-electron chi connectivity index (χ2n) is 4.54. The van der Waals surface area contributed by atoms with Gasteiger partial charge >= 0.3 is 5.97 Å². The van der Waals surface area contributed by atoms with Gasteiger partial charge < -0.3 is 4.74 Å². The van der Waals surface area contributed by atoms with Crippen LogP contribution in [0.1, 0.15) is 29.6 Å². The topological polar surface area (TPSA) is 26.3 Å². The summed E-state index contributed by atoms with van der Waals surface area (Å²) in [5, 5.41) is 0. The van der Waals surface area contributed by atoms with Gasteiger partial charge in [0.15, 0.2) is 0 Å². The molecule has 0 aromatic heterocycles. The van der Waals surface area contributed by atoms with Crippen molar-refractivity contribution >= 4 is 5.97 Å². The van der Waals surface area contributed by atoms with Gasteiger partial charge in [0.2, 0.25) is 0 Å². The van der Waals surface area contributed by atoms with Gasteiger partial charge in [-0.2, -0.15) is 0 Å². The number of benzene rings is 2. The highest BCUT2D eigenvalue weighted by Crippen LogP contribution is 2.41. The van der Waals surface area contributed by atoms with Crippen molar-refractivity contribution in [2.45, 2.75) is 18.4 Å². The quantitative estimate of drug-likeness (QED) is 0.749. The summed E-state index contributed by atoms with van der Waals surface area (Å²) in [6, 6.07) is 20.0. The zero-order chi connectivity index (χ0) is 12.4. The van der Waals surface area contributed by atoms with E-state index in [-0.39, 0.29) is 18.0 Å². The summed E-state index contributed by atoms with van der Waals surface area (Å²) >= 11 is 0. The second-order valence-corrected chi connectivity index (χ2v) is 4.54. The van der Waals surface area contributed by atoms with Gasteiger partial charge in [0, 0.05) is 5.92 Å². The monoisotopic (exact) mass is 238 g/mol. The molecule has 0 aliphatic carbocycles. The van der Waals surface area contributed by atoms with Crippen molar-refractivity contribution < 1.29 is 9.53 Å². The fourth-order valence-corrected chi connectivity index (χ4v) is 2.49. The first kappa shape index (κ1) is 11.0. The van der Waals surface area contributed by atoms with Crippen LogP contribution in [0.2, 0.25) is 0 Å². The van der Waals surface area contributed by atoms with E-state index < -0.39 is 0 Å². The molecule has 0 N–H and O–H groups in total. The van der Waals surface area contributed by atoms with Crippen LogP contribution in [0.5, 0.6) is 0 Å². The molecule has 2 atom stereocenters. The molecule has 1 heterocycles. The minimum atomic E-state index is -0.152. The highest BCUT2D eigenvalue weighted by molar-refractivity contribution is 5.74. The highest BCUT2D eigenvalue weighted by Gasteiger charge is 2.36. The third-order valence-electron chi connectivity index (χ3n) is 3.37. The van der Waals surface area contributed by atoms with Crippen molar-refractivity contribution in [1.82, 2.24) is 0 Å². The Bertz CT molecular complexity index is 484. The van der Waals surface area contributed by atoms with E-state index in [4.69, 9.17) is 4.74 Å². The first-order valence-electron chi connectivity index (χ1n) is 6.14. The van der Waals surface area contributed by atoms with E-state index in [1.165, 1.54) is 0 Å². The molecule has 1 aliphatic rings. The predicted molar refractivity (Wildman–Crippen MR) is 69.1 cm³/mol. The third kappa shape index (κ3) is 2.02. The van der Waals surface area contributed by atoms with Crippen LogP contribution in [0, 0.1) is 0 Å². The van der Waals surface area contributed by atoms with Crippen LogP contribution in [0.25, 0.3) is 0 Å². The van der Waals surface area contributed by atoms with Crippen LogP contribution in [-0.2, 0) is 9.53 Å². The van der Waals surface area contributed by atoms with Gasteiger partial charge in [-0.25, -0.2) is 0 Å². The molecule has 18 heavy (non-hydrogen) atoms. The number of carbonyl (C=O) groups is 1. The molecule has 0 bridgehead atoms. The normalized spacial score (nSPS) is 22.8. The van der Waals surface area contributed by atoms with Crippen molar-refractivity contribution in [3.63, 3.8) is 0 Å². The standard InChI is InChI=1S/C16H14O2/c17-15-11-14(12-7-3-1-4-8-12)16(18-15)13-9-5-2-6-10-13/h1-10,14,16H,11H2/t14-,16+/m1/s1. The third-order valence-corrected chi connectivity index (χ3v) is 3.37. The average molecular weight is 238 g/mol. The van der Waals surface area contributed by atoms with Gasteiger partial charge in [0.25, 0.3) is 0 Å². The van der Waals surface area contributed by atoms with Crippen LogP contribution in [0.15, 0.2) is 60.7 Å². The number of esters is 1. The molecule has 0 amide bonds. The Labute approximate surface area is 106 Å². The molecule has 0 saturated carbocycles. The number of cyclic esters (lactones) is 1. The molecule has 0 radical (unpaired) electrons. The van der Waals surface area contributed by atoms with Gasteiger partial charge in [-0.15, -0.1) is 0 Å². The van der Waals surface area contributed by atoms with Gasteiger partial charge in [-0.05, 0) is 11.1 Å². The Morgan fingerprint density at radius 1 is 0.833 bits per heavy atom. The first-order valence-corrected chi connectivity index (χ1v) is 6.14. The highest BCUT2D eigenvalue weighted by atomic mass is 16.5. The van der Waals surface area contributed by atoms with Crippen molar-refractivity contribution in [2.24, 2.45) is 0 Å². The lowest BCUT2D eigenvalue weighted by atomic mass is 9.89.